The highest BCUT2D eigenvalue weighted by atomic mass is 32.1. The largest absolute Gasteiger partial charge is 0.479 e. The maximum Gasteiger partial charge on any atom is 0.330 e. The van der Waals surface area contributed by atoms with E-state index in [-0.39, 0.29) is 11.8 Å². The van der Waals surface area contributed by atoms with Crippen molar-refractivity contribution in [1.29, 1.82) is 0 Å². The molecule has 0 aliphatic heterocycles. The summed E-state index contributed by atoms with van der Waals surface area (Å²) in [6, 6.07) is 18.1. The zero-order valence-corrected chi connectivity index (χ0v) is 16.3. The van der Waals surface area contributed by atoms with E-state index in [9.17, 15) is 14.7 Å². The summed E-state index contributed by atoms with van der Waals surface area (Å²) < 4.78 is 0. The Labute approximate surface area is 166 Å². The maximum absolute atomic E-state index is 12.5. The van der Waals surface area contributed by atoms with Gasteiger partial charge in [0.2, 0.25) is 5.91 Å². The molecule has 0 aliphatic carbocycles. The third kappa shape index (κ3) is 7.10. The van der Waals surface area contributed by atoms with Crippen LogP contribution in [0, 0.1) is 5.92 Å². The van der Waals surface area contributed by atoms with Crippen molar-refractivity contribution < 1.29 is 14.7 Å². The van der Waals surface area contributed by atoms with Gasteiger partial charge in [0.25, 0.3) is 0 Å². The van der Waals surface area contributed by atoms with Gasteiger partial charge >= 0.3 is 5.97 Å². The van der Waals surface area contributed by atoms with Gasteiger partial charge in [-0.2, -0.15) is 12.6 Å². The molecule has 0 spiro atoms. The molecular formula is C22H27NO3S. The number of unbranched alkanes of at least 4 members (excludes halogenated alkanes) is 2. The SMILES string of the molecule is O=C(N[C@@H](C(=O)O)c1ccccc1)[C@@H](CS)CCCCCc1ccccc1. The van der Waals surface area contributed by atoms with Crippen LogP contribution in [0.5, 0.6) is 0 Å². The summed E-state index contributed by atoms with van der Waals surface area (Å²) >= 11 is 4.29. The smallest absolute Gasteiger partial charge is 0.330 e. The number of hydrogen-bond donors (Lipinski definition) is 3. The highest BCUT2D eigenvalue weighted by Crippen LogP contribution is 2.17. The Kier molecular flexibility index (Phi) is 8.92. The molecule has 27 heavy (non-hydrogen) atoms. The minimum Gasteiger partial charge on any atom is -0.479 e. The number of aryl methyl sites for hydroxylation is 1. The van der Waals surface area contributed by atoms with Gasteiger partial charge in [-0.1, -0.05) is 73.5 Å². The second-order valence-corrected chi connectivity index (χ2v) is 7.02. The van der Waals surface area contributed by atoms with Crippen molar-refractivity contribution in [3.63, 3.8) is 0 Å². The summed E-state index contributed by atoms with van der Waals surface area (Å²) in [4.78, 5) is 24.1. The van der Waals surface area contributed by atoms with Crippen LogP contribution in [0.1, 0.15) is 42.9 Å². The first-order valence-electron chi connectivity index (χ1n) is 9.34. The standard InChI is InChI=1S/C22H27NO3S/c24-21(23-20(22(25)26)18-13-7-3-8-14-18)19(16-27)15-9-2-6-12-17-10-4-1-5-11-17/h1,3-5,7-8,10-11,13-14,19-20,27H,2,6,9,12,15-16H2,(H,23,24)(H,25,26)/t19-,20-/m1/s1. The van der Waals surface area contributed by atoms with E-state index in [4.69, 9.17) is 0 Å². The highest BCUT2D eigenvalue weighted by Gasteiger charge is 2.25. The van der Waals surface area contributed by atoms with E-state index in [0.717, 1.165) is 25.7 Å². The highest BCUT2D eigenvalue weighted by molar-refractivity contribution is 7.80. The van der Waals surface area contributed by atoms with Gasteiger partial charge in [0, 0.05) is 11.7 Å². The van der Waals surface area contributed by atoms with E-state index >= 15 is 0 Å². The van der Waals surface area contributed by atoms with Crippen LogP contribution in [0.2, 0.25) is 0 Å². The number of carbonyl (C=O) groups is 2. The van der Waals surface area contributed by atoms with Crippen LogP contribution in [0.15, 0.2) is 60.7 Å². The molecule has 2 aromatic rings. The van der Waals surface area contributed by atoms with E-state index in [2.05, 4.69) is 30.1 Å². The van der Waals surface area contributed by atoms with Crippen molar-refractivity contribution in [3.8, 4) is 0 Å². The lowest BCUT2D eigenvalue weighted by molar-refractivity contribution is -0.142. The Balaban J connectivity index is 1.79. The molecule has 2 atom stereocenters. The fraction of sp³-hybridized carbons (Fsp3) is 0.364. The van der Waals surface area contributed by atoms with Crippen LogP contribution in [0.3, 0.4) is 0 Å². The van der Waals surface area contributed by atoms with Crippen LogP contribution in [-0.4, -0.2) is 22.7 Å². The summed E-state index contributed by atoms with van der Waals surface area (Å²) in [5, 5.41) is 12.1. The normalized spacial score (nSPS) is 12.9. The van der Waals surface area contributed by atoms with E-state index in [1.54, 1.807) is 24.3 Å². The van der Waals surface area contributed by atoms with Gasteiger partial charge in [0.15, 0.2) is 6.04 Å². The first-order chi connectivity index (χ1) is 13.1. The first-order valence-corrected chi connectivity index (χ1v) is 9.98. The van der Waals surface area contributed by atoms with Crippen LogP contribution >= 0.6 is 12.6 Å². The third-order valence-electron chi connectivity index (χ3n) is 4.62. The lowest BCUT2D eigenvalue weighted by Gasteiger charge is -2.19. The summed E-state index contributed by atoms with van der Waals surface area (Å²) in [6.07, 6.45) is 4.79. The van der Waals surface area contributed by atoms with Gasteiger partial charge in [0.1, 0.15) is 0 Å². The number of rotatable bonds is 11. The van der Waals surface area contributed by atoms with Crippen LogP contribution < -0.4 is 5.32 Å². The average Bonchev–Trinajstić information content (AvgIpc) is 2.70. The molecule has 2 rings (SSSR count). The predicted octanol–water partition coefficient (Wildman–Crippen LogP) is 4.28. The fourth-order valence-electron chi connectivity index (χ4n) is 3.04. The van der Waals surface area contributed by atoms with E-state index < -0.39 is 12.0 Å². The minimum atomic E-state index is -1.06. The monoisotopic (exact) mass is 385 g/mol. The zero-order chi connectivity index (χ0) is 19.5. The summed E-state index contributed by atoms with van der Waals surface area (Å²) in [5.41, 5.74) is 1.90. The first kappa shape index (κ1) is 21.0. The second-order valence-electron chi connectivity index (χ2n) is 6.65. The number of thiol groups is 1. The Morgan fingerprint density at radius 2 is 1.56 bits per heavy atom. The number of benzene rings is 2. The summed E-state index contributed by atoms with van der Waals surface area (Å²) in [5.74, 6) is -1.18. The molecule has 0 saturated carbocycles. The number of carbonyl (C=O) groups excluding carboxylic acids is 1. The molecule has 1 amide bonds. The van der Waals surface area contributed by atoms with Gasteiger partial charge in [0.05, 0.1) is 0 Å². The quantitative estimate of drug-likeness (QED) is 0.400. The van der Waals surface area contributed by atoms with Gasteiger partial charge in [-0.15, -0.1) is 0 Å². The Morgan fingerprint density at radius 1 is 0.926 bits per heavy atom. The molecule has 5 heteroatoms. The Morgan fingerprint density at radius 3 is 2.15 bits per heavy atom. The zero-order valence-electron chi connectivity index (χ0n) is 15.4. The number of aliphatic carboxylic acids is 1. The Bertz CT molecular complexity index is 706. The van der Waals surface area contributed by atoms with Crippen molar-refractivity contribution in [2.45, 2.75) is 38.1 Å². The molecule has 0 aliphatic rings. The molecule has 0 unspecified atom stereocenters. The molecule has 2 N–H and O–H groups in total. The summed E-state index contributed by atoms with van der Waals surface area (Å²) in [7, 11) is 0. The molecule has 0 radical (unpaired) electrons. The molecule has 0 bridgehead atoms. The second kappa shape index (κ2) is 11.4. The minimum absolute atomic E-state index is 0.246. The van der Waals surface area contributed by atoms with Crippen LogP contribution in [0.4, 0.5) is 0 Å². The summed E-state index contributed by atoms with van der Waals surface area (Å²) in [6.45, 7) is 0. The van der Waals surface area contributed by atoms with E-state index in [1.165, 1.54) is 5.56 Å². The van der Waals surface area contributed by atoms with Crippen LogP contribution in [-0.2, 0) is 16.0 Å². The molecule has 2 aromatic carbocycles. The molecule has 0 heterocycles. The molecule has 0 saturated heterocycles. The lowest BCUT2D eigenvalue weighted by Crippen LogP contribution is -2.38. The lowest BCUT2D eigenvalue weighted by atomic mass is 9.99. The fourth-order valence-corrected chi connectivity index (χ4v) is 3.39. The number of nitrogens with one attached hydrogen (secondary N) is 1. The van der Waals surface area contributed by atoms with Gasteiger partial charge in [-0.25, -0.2) is 4.79 Å². The molecule has 4 nitrogen and oxygen atoms in total. The van der Waals surface area contributed by atoms with Crippen LogP contribution in [0.25, 0.3) is 0 Å². The van der Waals surface area contributed by atoms with Crippen molar-refractivity contribution in [1.82, 2.24) is 5.32 Å². The van der Waals surface area contributed by atoms with Gasteiger partial charge in [-0.3, -0.25) is 4.79 Å². The molecule has 0 aromatic heterocycles. The average molecular weight is 386 g/mol. The third-order valence-corrected chi connectivity index (χ3v) is 5.06. The van der Waals surface area contributed by atoms with Crippen molar-refractivity contribution in [3.05, 3.63) is 71.8 Å². The number of amides is 1. The number of hydrogen-bond acceptors (Lipinski definition) is 3. The topological polar surface area (TPSA) is 66.4 Å². The van der Waals surface area contributed by atoms with Crippen molar-refractivity contribution in [2.75, 3.05) is 5.75 Å². The maximum atomic E-state index is 12.5. The van der Waals surface area contributed by atoms with E-state index in [0.29, 0.717) is 17.7 Å². The predicted molar refractivity (Wildman–Crippen MR) is 111 cm³/mol. The van der Waals surface area contributed by atoms with Gasteiger partial charge < -0.3 is 10.4 Å². The van der Waals surface area contributed by atoms with Crippen molar-refractivity contribution in [2.24, 2.45) is 5.92 Å². The van der Waals surface area contributed by atoms with E-state index in [1.807, 2.05) is 24.3 Å². The number of carboxylic acid groups (broad SMARTS) is 1. The number of carboxylic acids is 1. The Hall–Kier alpha value is -2.27. The molecule has 144 valence electrons. The van der Waals surface area contributed by atoms with Crippen molar-refractivity contribution >= 4 is 24.5 Å². The van der Waals surface area contributed by atoms with Gasteiger partial charge in [-0.05, 0) is 30.4 Å². The molecule has 0 fully saturated rings. The molecular weight excluding hydrogens is 358 g/mol.